The smallest absolute Gasteiger partial charge is 0.321 e. The molecule has 5 N–H and O–H groups in total. The van der Waals surface area contributed by atoms with E-state index in [0.29, 0.717) is 0 Å². The molecule has 0 aliphatic carbocycles. The van der Waals surface area contributed by atoms with E-state index in [0.717, 1.165) is 0 Å². The molecule has 2 aliphatic heterocycles. The van der Waals surface area contributed by atoms with Gasteiger partial charge in [-0.05, 0) is 0 Å². The molecule has 0 saturated carbocycles. The van der Waals surface area contributed by atoms with Gasteiger partial charge in [0, 0.05) is 13.0 Å². The van der Waals surface area contributed by atoms with Crippen LogP contribution in [0.3, 0.4) is 0 Å². The number of aliphatic hydroxyl groups is 4. The summed E-state index contributed by atoms with van der Waals surface area (Å²) < 4.78 is 5.18. The molecule has 18 heavy (non-hydrogen) atoms. The summed E-state index contributed by atoms with van der Waals surface area (Å²) >= 11 is 0. The largest absolute Gasteiger partial charge is 0.480 e. The maximum Gasteiger partial charge on any atom is 0.321 e. The first-order valence-corrected chi connectivity index (χ1v) is 5.74. The second-order valence-corrected chi connectivity index (χ2v) is 4.71. The number of ether oxygens (including phenoxy) is 1. The highest BCUT2D eigenvalue weighted by atomic mass is 16.5. The maximum absolute atomic E-state index is 11.1. The molecule has 8 heteroatoms. The van der Waals surface area contributed by atoms with E-state index in [9.17, 15) is 25.2 Å². The number of carbonyl (C=O) groups is 1. The molecule has 2 rings (SSSR count). The van der Waals surface area contributed by atoms with Crippen LogP contribution in [0, 0.1) is 0 Å². The van der Waals surface area contributed by atoms with E-state index in [2.05, 4.69) is 0 Å². The Morgan fingerprint density at radius 3 is 2.44 bits per heavy atom. The molecular weight excluding hydrogens is 246 g/mol. The van der Waals surface area contributed by atoms with E-state index in [1.54, 1.807) is 0 Å². The van der Waals surface area contributed by atoms with Crippen LogP contribution >= 0.6 is 0 Å². The monoisotopic (exact) mass is 263 g/mol. The van der Waals surface area contributed by atoms with E-state index in [4.69, 9.17) is 9.84 Å². The Hall–Kier alpha value is -0.770. The number of carboxylic acid groups (broad SMARTS) is 1. The molecule has 0 unspecified atom stereocenters. The minimum Gasteiger partial charge on any atom is -0.480 e. The van der Waals surface area contributed by atoms with Crippen molar-refractivity contribution in [2.45, 2.75) is 43.1 Å². The highest BCUT2D eigenvalue weighted by Gasteiger charge is 2.47. The van der Waals surface area contributed by atoms with Crippen LogP contribution < -0.4 is 0 Å². The summed E-state index contributed by atoms with van der Waals surface area (Å²) in [6, 6.07) is -0.970. The topological polar surface area (TPSA) is 131 Å². The van der Waals surface area contributed by atoms with Crippen molar-refractivity contribution in [3.05, 3.63) is 0 Å². The highest BCUT2D eigenvalue weighted by molar-refractivity contribution is 5.74. The second-order valence-electron chi connectivity index (χ2n) is 4.71. The van der Waals surface area contributed by atoms with Gasteiger partial charge < -0.3 is 30.3 Å². The van der Waals surface area contributed by atoms with Gasteiger partial charge in [0.2, 0.25) is 0 Å². The molecule has 8 nitrogen and oxygen atoms in total. The third-order valence-electron chi connectivity index (χ3n) is 3.40. The number of hydrogen-bond acceptors (Lipinski definition) is 7. The number of likely N-dealkylation sites (tertiary alicyclic amines) is 1. The standard InChI is InChI=1S/C10H17NO7/c12-4-1-5(10(16)17)11(2-4)9-8(15)7(14)6(13)3-18-9/h4-9,12-15H,1-3H2,(H,16,17)/t4-,5+,6+,7+,8-,9+/m1/s1. The lowest BCUT2D eigenvalue weighted by Crippen LogP contribution is -2.60. The predicted molar refractivity (Wildman–Crippen MR) is 56.5 cm³/mol. The van der Waals surface area contributed by atoms with Crippen LogP contribution in [0.1, 0.15) is 6.42 Å². The molecule has 0 spiro atoms. The van der Waals surface area contributed by atoms with Crippen molar-refractivity contribution >= 4 is 5.97 Å². The Morgan fingerprint density at radius 2 is 1.83 bits per heavy atom. The third kappa shape index (κ3) is 2.35. The number of aliphatic hydroxyl groups excluding tert-OH is 4. The van der Waals surface area contributed by atoms with Crippen LogP contribution in [-0.2, 0) is 9.53 Å². The Kier molecular flexibility index (Phi) is 3.85. The van der Waals surface area contributed by atoms with Gasteiger partial charge in [0.05, 0.1) is 12.7 Å². The molecule has 0 bridgehead atoms. The molecule has 0 aromatic heterocycles. The van der Waals surface area contributed by atoms with Crippen LogP contribution in [0.5, 0.6) is 0 Å². The molecule has 0 aromatic rings. The van der Waals surface area contributed by atoms with Gasteiger partial charge >= 0.3 is 5.97 Å². The average Bonchev–Trinajstić information content (AvgIpc) is 2.68. The van der Waals surface area contributed by atoms with Gasteiger partial charge in [0.1, 0.15) is 30.6 Å². The molecular formula is C10H17NO7. The summed E-state index contributed by atoms with van der Waals surface area (Å²) in [6.07, 6.45) is -5.82. The Balaban J connectivity index is 2.12. The summed E-state index contributed by atoms with van der Waals surface area (Å²) in [4.78, 5) is 12.3. The average molecular weight is 263 g/mol. The van der Waals surface area contributed by atoms with Crippen molar-refractivity contribution in [2.75, 3.05) is 13.2 Å². The quantitative estimate of drug-likeness (QED) is 0.355. The number of nitrogens with zero attached hydrogens (tertiary/aromatic N) is 1. The van der Waals surface area contributed by atoms with Gasteiger partial charge in [0.15, 0.2) is 0 Å². The Labute approximate surface area is 103 Å². The lowest BCUT2D eigenvalue weighted by atomic mass is 10.0. The van der Waals surface area contributed by atoms with Gasteiger partial charge in [-0.1, -0.05) is 0 Å². The predicted octanol–water partition coefficient (Wildman–Crippen LogP) is -3.05. The second kappa shape index (κ2) is 5.08. The van der Waals surface area contributed by atoms with Crippen molar-refractivity contribution in [2.24, 2.45) is 0 Å². The summed E-state index contributed by atoms with van der Waals surface area (Å²) in [5, 5.41) is 47.2. The minimum absolute atomic E-state index is 0.0422. The molecule has 0 amide bonds. The van der Waals surface area contributed by atoms with Crippen LogP contribution in [-0.4, -0.2) is 86.2 Å². The Bertz CT molecular complexity index is 325. The molecule has 104 valence electrons. The molecule has 2 saturated heterocycles. The first-order valence-electron chi connectivity index (χ1n) is 5.74. The molecule has 0 aromatic carbocycles. The Morgan fingerprint density at radius 1 is 1.17 bits per heavy atom. The van der Waals surface area contributed by atoms with Crippen molar-refractivity contribution in [3.63, 3.8) is 0 Å². The number of β-amino-alcohol motifs (C(OH)–C–C–N with tert-alkyl or cyclic N) is 1. The van der Waals surface area contributed by atoms with Crippen LogP contribution in [0.25, 0.3) is 0 Å². The molecule has 2 aliphatic rings. The number of rotatable bonds is 2. The zero-order chi connectivity index (χ0) is 13.4. The van der Waals surface area contributed by atoms with Crippen molar-refractivity contribution in [3.8, 4) is 0 Å². The molecule has 6 atom stereocenters. The molecule has 0 radical (unpaired) electrons. The van der Waals surface area contributed by atoms with E-state index in [1.165, 1.54) is 4.90 Å². The zero-order valence-corrected chi connectivity index (χ0v) is 9.59. The fourth-order valence-corrected chi connectivity index (χ4v) is 2.44. The summed E-state index contributed by atoms with van der Waals surface area (Å²) in [7, 11) is 0. The lowest BCUT2D eigenvalue weighted by molar-refractivity contribution is -0.232. The first-order chi connectivity index (χ1) is 8.41. The normalized spacial score (nSPS) is 46.2. The van der Waals surface area contributed by atoms with Gasteiger partial charge in [-0.25, -0.2) is 0 Å². The van der Waals surface area contributed by atoms with Crippen molar-refractivity contribution in [1.82, 2.24) is 4.90 Å². The lowest BCUT2D eigenvalue weighted by Gasteiger charge is -2.41. The first kappa shape index (κ1) is 13.7. The van der Waals surface area contributed by atoms with Crippen LogP contribution in [0.15, 0.2) is 0 Å². The van der Waals surface area contributed by atoms with Crippen LogP contribution in [0.4, 0.5) is 0 Å². The van der Waals surface area contributed by atoms with Gasteiger partial charge in [-0.3, -0.25) is 9.69 Å². The van der Waals surface area contributed by atoms with Crippen molar-refractivity contribution in [1.29, 1.82) is 0 Å². The fraction of sp³-hybridized carbons (Fsp3) is 0.900. The third-order valence-corrected chi connectivity index (χ3v) is 3.40. The number of hydrogen-bond donors (Lipinski definition) is 5. The summed E-state index contributed by atoms with van der Waals surface area (Å²) in [6.45, 7) is -0.149. The number of aliphatic carboxylic acids is 1. The van der Waals surface area contributed by atoms with Crippen LogP contribution in [0.2, 0.25) is 0 Å². The fourth-order valence-electron chi connectivity index (χ4n) is 2.44. The maximum atomic E-state index is 11.1. The van der Waals surface area contributed by atoms with E-state index in [-0.39, 0.29) is 19.6 Å². The summed E-state index contributed by atoms with van der Waals surface area (Å²) in [5.41, 5.74) is 0. The zero-order valence-electron chi connectivity index (χ0n) is 9.59. The van der Waals surface area contributed by atoms with Gasteiger partial charge in [0.25, 0.3) is 0 Å². The molecule has 2 fully saturated rings. The number of carboxylic acids is 1. The molecule has 2 heterocycles. The van der Waals surface area contributed by atoms with E-state index in [1.807, 2.05) is 0 Å². The van der Waals surface area contributed by atoms with E-state index >= 15 is 0 Å². The minimum atomic E-state index is -1.42. The van der Waals surface area contributed by atoms with E-state index < -0.39 is 42.7 Å². The highest BCUT2D eigenvalue weighted by Crippen LogP contribution is 2.27. The van der Waals surface area contributed by atoms with Gasteiger partial charge in [-0.15, -0.1) is 0 Å². The van der Waals surface area contributed by atoms with Gasteiger partial charge in [-0.2, -0.15) is 0 Å². The summed E-state index contributed by atoms with van der Waals surface area (Å²) in [5.74, 6) is -1.12. The van der Waals surface area contributed by atoms with Crippen molar-refractivity contribution < 1.29 is 35.1 Å². The SMILES string of the molecule is O=C(O)[C@@H]1C[C@@H](O)CN1[C@H]1OC[C@H](O)[C@H](O)[C@H]1O.